The van der Waals surface area contributed by atoms with E-state index in [1.807, 2.05) is 12.1 Å². The summed E-state index contributed by atoms with van der Waals surface area (Å²) < 4.78 is 2.13. The fourth-order valence-electron chi connectivity index (χ4n) is 5.57. The molecule has 0 atom stereocenters. The van der Waals surface area contributed by atoms with Crippen molar-refractivity contribution in [3.05, 3.63) is 73.1 Å². The molecule has 216 valence electrons. The Morgan fingerprint density at radius 1 is 0.905 bits per heavy atom. The van der Waals surface area contributed by atoms with Crippen LogP contribution in [0.25, 0.3) is 28.2 Å². The van der Waals surface area contributed by atoms with Crippen LogP contribution in [0.4, 0.5) is 11.5 Å². The summed E-state index contributed by atoms with van der Waals surface area (Å²) in [6.07, 6.45) is 8.81. The number of imidazole rings is 1. The van der Waals surface area contributed by atoms with E-state index in [-0.39, 0.29) is 5.91 Å². The molecule has 5 heterocycles. The van der Waals surface area contributed by atoms with Crippen LogP contribution in [0.15, 0.2) is 67.4 Å². The Bertz CT molecular complexity index is 1580. The van der Waals surface area contributed by atoms with E-state index >= 15 is 0 Å². The van der Waals surface area contributed by atoms with Gasteiger partial charge >= 0.3 is 0 Å². The van der Waals surface area contributed by atoms with Crippen molar-refractivity contribution in [1.29, 1.82) is 0 Å². The van der Waals surface area contributed by atoms with Gasteiger partial charge in [0.15, 0.2) is 11.5 Å². The molecule has 2 amide bonds. The molecule has 42 heavy (non-hydrogen) atoms. The van der Waals surface area contributed by atoms with Gasteiger partial charge in [-0.1, -0.05) is 6.58 Å². The molecule has 10 nitrogen and oxygen atoms in total. The third-order valence-corrected chi connectivity index (χ3v) is 8.13. The molecule has 3 fully saturated rings. The second-order valence-electron chi connectivity index (χ2n) is 10.9. The summed E-state index contributed by atoms with van der Waals surface area (Å²) >= 11 is 0. The summed E-state index contributed by atoms with van der Waals surface area (Å²) in [4.78, 5) is 41.4. The van der Waals surface area contributed by atoms with Crippen LogP contribution in [0, 0.1) is 0 Å². The number of aromatic nitrogens is 4. The quantitative estimate of drug-likeness (QED) is 0.278. The second kappa shape index (κ2) is 12.0. The van der Waals surface area contributed by atoms with E-state index in [2.05, 4.69) is 57.4 Å². The lowest BCUT2D eigenvalue weighted by Gasteiger charge is -2.31. The molecule has 0 radical (unpaired) electrons. The maximum atomic E-state index is 11.1. The Morgan fingerprint density at radius 3 is 2.26 bits per heavy atom. The highest BCUT2D eigenvalue weighted by atomic mass is 16.2. The van der Waals surface area contributed by atoms with Crippen LogP contribution in [0.3, 0.4) is 0 Å². The predicted octanol–water partition coefficient (Wildman–Crippen LogP) is 4.02. The first kappa shape index (κ1) is 27.4. The van der Waals surface area contributed by atoms with E-state index in [9.17, 15) is 9.59 Å². The molecule has 7 rings (SSSR count). The Labute approximate surface area is 245 Å². The lowest BCUT2D eigenvalue weighted by Crippen LogP contribution is -2.47. The van der Waals surface area contributed by atoms with Gasteiger partial charge in [-0.2, -0.15) is 0 Å². The van der Waals surface area contributed by atoms with E-state index in [1.54, 1.807) is 16.0 Å². The Kier molecular flexibility index (Phi) is 7.85. The van der Waals surface area contributed by atoms with Gasteiger partial charge in [0.05, 0.1) is 5.56 Å². The molecule has 1 aliphatic carbocycles. The van der Waals surface area contributed by atoms with Crippen molar-refractivity contribution in [3.63, 3.8) is 0 Å². The molecule has 0 bridgehead atoms. The molecule has 2 N–H and O–H groups in total. The Balaban J connectivity index is 0.000000223. The molecular formula is C32H36N8O2. The number of nitrogens with two attached hydrogens (primary N) is 1. The van der Waals surface area contributed by atoms with Crippen LogP contribution in [0.5, 0.6) is 0 Å². The number of rotatable bonds is 6. The van der Waals surface area contributed by atoms with Crippen molar-refractivity contribution in [1.82, 2.24) is 29.3 Å². The number of benzene rings is 1. The molecule has 2 aliphatic heterocycles. The van der Waals surface area contributed by atoms with Gasteiger partial charge < -0.3 is 20.4 Å². The lowest BCUT2D eigenvalue weighted by atomic mass is 10.2. The monoisotopic (exact) mass is 564 g/mol. The number of amides is 2. The highest BCUT2D eigenvalue weighted by Crippen LogP contribution is 2.40. The normalized spacial score (nSPS) is 16.7. The fraction of sp³-hybridized carbons (Fsp3) is 0.344. The Hall–Kier alpha value is -4.73. The van der Waals surface area contributed by atoms with Gasteiger partial charge in [-0.3, -0.25) is 14.2 Å². The summed E-state index contributed by atoms with van der Waals surface area (Å²) in [6, 6.07) is 16.8. The first-order valence-electron chi connectivity index (χ1n) is 14.6. The number of pyridine rings is 2. The number of carbonyl (C=O) groups excluding carboxylic acids is 2. The third-order valence-electron chi connectivity index (χ3n) is 8.13. The molecule has 2 saturated heterocycles. The van der Waals surface area contributed by atoms with E-state index in [0.717, 1.165) is 53.4 Å². The number of carbonyl (C=O) groups is 2. The highest BCUT2D eigenvalue weighted by molar-refractivity contribution is 5.87. The SMILES string of the molecule is C=CC(=O)N1CCN(C=O)CC1.Nc1ncccc1-c1nc2ccc(C3CC3)nc2n1-c1ccc(N2CCCC2)cc1. The van der Waals surface area contributed by atoms with Crippen LogP contribution in [-0.2, 0) is 9.59 Å². The van der Waals surface area contributed by atoms with Crippen molar-refractivity contribution in [2.75, 3.05) is 49.9 Å². The average molecular weight is 565 g/mol. The molecule has 4 aromatic rings. The molecule has 0 spiro atoms. The molecule has 1 saturated carbocycles. The van der Waals surface area contributed by atoms with Crippen molar-refractivity contribution >= 4 is 35.0 Å². The summed E-state index contributed by atoms with van der Waals surface area (Å²) in [5.41, 5.74) is 12.3. The van der Waals surface area contributed by atoms with Gasteiger partial charge in [0.2, 0.25) is 12.3 Å². The minimum absolute atomic E-state index is 0.0550. The van der Waals surface area contributed by atoms with Gasteiger partial charge in [-0.05, 0) is 80.3 Å². The molecule has 10 heteroatoms. The predicted molar refractivity (Wildman–Crippen MR) is 164 cm³/mol. The summed E-state index contributed by atoms with van der Waals surface area (Å²) in [5, 5.41) is 0. The van der Waals surface area contributed by atoms with E-state index in [0.29, 0.717) is 37.9 Å². The number of anilines is 2. The molecule has 1 aromatic carbocycles. The third kappa shape index (κ3) is 5.70. The first-order chi connectivity index (χ1) is 20.6. The van der Waals surface area contributed by atoms with Crippen molar-refractivity contribution < 1.29 is 9.59 Å². The van der Waals surface area contributed by atoms with Gasteiger partial charge in [-0.25, -0.2) is 15.0 Å². The van der Waals surface area contributed by atoms with Crippen LogP contribution in [0.1, 0.15) is 37.3 Å². The van der Waals surface area contributed by atoms with Crippen LogP contribution in [0.2, 0.25) is 0 Å². The van der Waals surface area contributed by atoms with Crippen molar-refractivity contribution in [2.45, 2.75) is 31.6 Å². The molecule has 0 unspecified atom stereocenters. The zero-order valence-corrected chi connectivity index (χ0v) is 23.7. The van der Waals surface area contributed by atoms with Crippen LogP contribution < -0.4 is 10.6 Å². The molecule has 3 aliphatic rings. The molecular weight excluding hydrogens is 528 g/mol. The number of nitrogen functional groups attached to an aromatic ring is 1. The number of hydrogen-bond acceptors (Lipinski definition) is 7. The number of piperazine rings is 1. The standard InChI is InChI=1S/C24H24N6.C8H12N2O2/c25-22-19(4-3-13-26-22)23-28-21-12-11-20(16-5-6-16)27-24(21)30(23)18-9-7-17(8-10-18)29-14-1-2-15-29;1-2-8(12)10-5-3-9(7-11)4-6-10/h3-4,7-13,16H,1-2,5-6,14-15H2,(H2,25,26);2,7H,1,3-6H2. The number of fused-ring (bicyclic) bond motifs is 1. The highest BCUT2D eigenvalue weighted by Gasteiger charge is 2.27. The summed E-state index contributed by atoms with van der Waals surface area (Å²) in [5.74, 6) is 1.79. The van der Waals surface area contributed by atoms with Gasteiger partial charge in [0.1, 0.15) is 11.3 Å². The van der Waals surface area contributed by atoms with Gasteiger partial charge in [0.25, 0.3) is 0 Å². The van der Waals surface area contributed by atoms with Crippen molar-refractivity contribution in [3.8, 4) is 17.1 Å². The largest absolute Gasteiger partial charge is 0.383 e. The topological polar surface area (TPSA) is 113 Å². The zero-order valence-electron chi connectivity index (χ0n) is 23.7. The molecule has 3 aromatic heterocycles. The van der Waals surface area contributed by atoms with Crippen LogP contribution in [-0.4, -0.2) is 80.9 Å². The van der Waals surface area contributed by atoms with Gasteiger partial charge in [0, 0.05) is 68.5 Å². The zero-order chi connectivity index (χ0) is 29.1. The summed E-state index contributed by atoms with van der Waals surface area (Å²) in [7, 11) is 0. The smallest absolute Gasteiger partial charge is 0.246 e. The van der Waals surface area contributed by atoms with E-state index in [4.69, 9.17) is 15.7 Å². The minimum atomic E-state index is -0.0550. The maximum absolute atomic E-state index is 11.1. The van der Waals surface area contributed by atoms with E-state index < -0.39 is 0 Å². The average Bonchev–Trinajstić information content (AvgIpc) is 3.60. The number of hydrogen-bond donors (Lipinski definition) is 1. The van der Waals surface area contributed by atoms with Crippen LogP contribution >= 0.6 is 0 Å². The second-order valence-corrected chi connectivity index (χ2v) is 10.9. The van der Waals surface area contributed by atoms with Crippen molar-refractivity contribution in [2.24, 2.45) is 0 Å². The first-order valence-corrected chi connectivity index (χ1v) is 14.6. The maximum Gasteiger partial charge on any atom is 0.246 e. The summed E-state index contributed by atoms with van der Waals surface area (Å²) in [6.45, 7) is 8.16. The van der Waals surface area contributed by atoms with Gasteiger partial charge in [-0.15, -0.1) is 0 Å². The fourth-order valence-corrected chi connectivity index (χ4v) is 5.57. The number of nitrogens with zero attached hydrogens (tertiary/aromatic N) is 7. The van der Waals surface area contributed by atoms with E-state index in [1.165, 1.54) is 37.4 Å². The lowest BCUT2D eigenvalue weighted by molar-refractivity contribution is -0.130. The minimum Gasteiger partial charge on any atom is -0.383 e. The Morgan fingerprint density at radius 2 is 1.62 bits per heavy atom.